The molecule has 5 rings (SSSR count). The summed E-state index contributed by atoms with van der Waals surface area (Å²) in [6.45, 7) is 7.61. The van der Waals surface area contributed by atoms with Crippen molar-refractivity contribution in [2.45, 2.75) is 77.0 Å². The number of anilines is 1. The standard InChI is InChI=1S/C30H35F3N4O4/c1-16(18-6-5-7-19(24(18)31)27(32)33)34-28-21-14-22(26-20(8-13-41-26)25(21)35-17(2)36-28)30(40)9-11-37(12-10-30)23(38)15-29(3,4)39/h5-7,14,16,27,39-40H,8-13,15H2,1-4H3,(H,34,35,36)/t16-/m1/s1. The van der Waals surface area contributed by atoms with Crippen LogP contribution in [0.4, 0.5) is 19.0 Å². The van der Waals surface area contributed by atoms with Gasteiger partial charge in [0, 0.05) is 41.6 Å². The number of halogens is 3. The normalized spacial score (nSPS) is 17.5. The van der Waals surface area contributed by atoms with Crippen LogP contribution in [0, 0.1) is 12.7 Å². The maximum Gasteiger partial charge on any atom is 0.266 e. The summed E-state index contributed by atoms with van der Waals surface area (Å²) in [7, 11) is 0. The van der Waals surface area contributed by atoms with E-state index >= 15 is 0 Å². The molecule has 0 spiro atoms. The minimum atomic E-state index is -2.94. The smallest absolute Gasteiger partial charge is 0.266 e. The molecule has 1 atom stereocenters. The number of alkyl halides is 2. The number of carbonyl (C=O) groups excluding carboxylic acids is 1. The van der Waals surface area contributed by atoms with Gasteiger partial charge in [-0.3, -0.25) is 4.79 Å². The first-order valence-corrected chi connectivity index (χ1v) is 13.8. The lowest BCUT2D eigenvalue weighted by Crippen LogP contribution is -2.46. The Morgan fingerprint density at radius 3 is 2.56 bits per heavy atom. The number of rotatable bonds is 7. The van der Waals surface area contributed by atoms with E-state index in [-0.39, 0.29) is 30.7 Å². The Bertz CT molecular complexity index is 1480. The molecule has 2 aromatic carbocycles. The van der Waals surface area contributed by atoms with Crippen LogP contribution in [-0.4, -0.2) is 56.3 Å². The summed E-state index contributed by atoms with van der Waals surface area (Å²) >= 11 is 0. The largest absolute Gasteiger partial charge is 0.492 e. The van der Waals surface area contributed by atoms with Crippen LogP contribution in [-0.2, 0) is 16.8 Å². The van der Waals surface area contributed by atoms with Crippen LogP contribution in [0.3, 0.4) is 0 Å². The molecule has 41 heavy (non-hydrogen) atoms. The number of fused-ring (bicyclic) bond motifs is 3. The highest BCUT2D eigenvalue weighted by Crippen LogP contribution is 2.46. The number of amides is 1. The minimum Gasteiger partial charge on any atom is -0.492 e. The fourth-order valence-electron chi connectivity index (χ4n) is 5.77. The van der Waals surface area contributed by atoms with E-state index < -0.39 is 35.1 Å². The number of aliphatic hydroxyl groups is 2. The number of benzene rings is 2. The highest BCUT2D eigenvalue weighted by Gasteiger charge is 2.40. The molecule has 220 valence electrons. The first kappa shape index (κ1) is 29.1. The highest BCUT2D eigenvalue weighted by atomic mass is 19.3. The molecule has 0 radical (unpaired) electrons. The predicted molar refractivity (Wildman–Crippen MR) is 147 cm³/mol. The number of piperidine rings is 1. The number of aromatic nitrogens is 2. The van der Waals surface area contributed by atoms with Gasteiger partial charge >= 0.3 is 0 Å². The van der Waals surface area contributed by atoms with E-state index in [9.17, 15) is 28.2 Å². The van der Waals surface area contributed by atoms with Crippen LogP contribution in [0.1, 0.15) is 80.6 Å². The summed E-state index contributed by atoms with van der Waals surface area (Å²) < 4.78 is 47.6. The Kier molecular flexibility index (Phi) is 7.63. The van der Waals surface area contributed by atoms with E-state index in [4.69, 9.17) is 4.74 Å². The lowest BCUT2D eigenvalue weighted by atomic mass is 9.82. The summed E-state index contributed by atoms with van der Waals surface area (Å²) in [4.78, 5) is 23.5. The first-order chi connectivity index (χ1) is 19.3. The molecule has 0 bridgehead atoms. The monoisotopic (exact) mass is 572 g/mol. The van der Waals surface area contributed by atoms with Gasteiger partial charge in [-0.1, -0.05) is 18.2 Å². The Balaban J connectivity index is 1.51. The van der Waals surface area contributed by atoms with Crippen LogP contribution >= 0.6 is 0 Å². The van der Waals surface area contributed by atoms with Crippen molar-refractivity contribution in [3.63, 3.8) is 0 Å². The summed E-state index contributed by atoms with van der Waals surface area (Å²) in [5.74, 6) is 0.288. The van der Waals surface area contributed by atoms with Gasteiger partial charge in [0.2, 0.25) is 5.91 Å². The van der Waals surface area contributed by atoms with Gasteiger partial charge in [0.25, 0.3) is 6.43 Å². The Morgan fingerprint density at radius 1 is 1.22 bits per heavy atom. The van der Waals surface area contributed by atoms with Crippen molar-refractivity contribution in [1.29, 1.82) is 0 Å². The van der Waals surface area contributed by atoms with E-state index in [1.165, 1.54) is 12.1 Å². The third kappa shape index (κ3) is 5.70. The van der Waals surface area contributed by atoms with Gasteiger partial charge in [-0.25, -0.2) is 23.1 Å². The SMILES string of the molecule is Cc1nc(N[C@H](C)c2cccc(C(F)F)c2F)c2cc(C3(O)CCN(C(=O)CC(C)(C)O)CC3)c3c(c2n1)CCO3. The minimum absolute atomic E-state index is 0.00929. The predicted octanol–water partition coefficient (Wildman–Crippen LogP) is 5.09. The van der Waals surface area contributed by atoms with Gasteiger partial charge in [-0.2, -0.15) is 0 Å². The molecule has 3 N–H and O–H groups in total. The maximum atomic E-state index is 14.9. The van der Waals surface area contributed by atoms with E-state index in [2.05, 4.69) is 15.3 Å². The van der Waals surface area contributed by atoms with Gasteiger partial charge in [0.05, 0.1) is 41.4 Å². The van der Waals surface area contributed by atoms with Crippen molar-refractivity contribution in [2.75, 3.05) is 25.0 Å². The maximum absolute atomic E-state index is 14.9. The van der Waals surface area contributed by atoms with E-state index in [1.54, 1.807) is 38.7 Å². The van der Waals surface area contributed by atoms with E-state index in [0.29, 0.717) is 60.0 Å². The molecule has 1 aromatic heterocycles. The molecule has 0 aliphatic carbocycles. The zero-order valence-electron chi connectivity index (χ0n) is 23.6. The number of ether oxygens (including phenoxy) is 1. The quantitative estimate of drug-likeness (QED) is 0.362. The zero-order valence-corrected chi connectivity index (χ0v) is 23.6. The average molecular weight is 573 g/mol. The van der Waals surface area contributed by atoms with Crippen LogP contribution in [0.25, 0.3) is 10.9 Å². The lowest BCUT2D eigenvalue weighted by Gasteiger charge is -2.39. The van der Waals surface area contributed by atoms with Crippen LogP contribution in [0.15, 0.2) is 24.3 Å². The molecule has 0 saturated carbocycles. The molecule has 3 aromatic rings. The number of likely N-dealkylation sites (tertiary alicyclic amines) is 1. The molecule has 3 heterocycles. The number of nitrogens with zero attached hydrogens (tertiary/aromatic N) is 3. The van der Waals surface area contributed by atoms with Crippen LogP contribution in [0.2, 0.25) is 0 Å². The van der Waals surface area contributed by atoms with E-state index in [1.807, 2.05) is 0 Å². The average Bonchev–Trinajstić information content (AvgIpc) is 3.38. The fraction of sp³-hybridized carbons (Fsp3) is 0.500. The summed E-state index contributed by atoms with van der Waals surface area (Å²) in [6, 6.07) is 5.01. The fourth-order valence-corrected chi connectivity index (χ4v) is 5.77. The van der Waals surface area contributed by atoms with Crippen molar-refractivity contribution < 1.29 is 32.9 Å². The molecule has 1 amide bonds. The summed E-state index contributed by atoms with van der Waals surface area (Å²) in [6.07, 6.45) is -1.84. The van der Waals surface area contributed by atoms with Gasteiger partial charge < -0.3 is 25.2 Å². The number of hydrogen-bond donors (Lipinski definition) is 3. The highest BCUT2D eigenvalue weighted by molar-refractivity contribution is 5.94. The Morgan fingerprint density at radius 2 is 1.90 bits per heavy atom. The second kappa shape index (κ2) is 10.8. The molecule has 0 unspecified atom stereocenters. The van der Waals surface area contributed by atoms with E-state index in [0.717, 1.165) is 11.6 Å². The zero-order chi connectivity index (χ0) is 29.7. The second-order valence-electron chi connectivity index (χ2n) is 11.7. The number of aryl methyl sites for hydroxylation is 1. The number of carbonyl (C=O) groups is 1. The summed E-state index contributed by atoms with van der Waals surface area (Å²) in [5, 5.41) is 25.7. The first-order valence-electron chi connectivity index (χ1n) is 13.8. The van der Waals surface area contributed by atoms with Crippen molar-refractivity contribution in [2.24, 2.45) is 0 Å². The summed E-state index contributed by atoms with van der Waals surface area (Å²) in [5.41, 5.74) is -0.948. The van der Waals surface area contributed by atoms with Gasteiger partial charge in [0.1, 0.15) is 23.2 Å². The van der Waals surface area contributed by atoms with Crippen molar-refractivity contribution >= 4 is 22.6 Å². The second-order valence-corrected chi connectivity index (χ2v) is 11.7. The Labute approximate surface area is 236 Å². The molecule has 1 fully saturated rings. The molecule has 2 aliphatic rings. The van der Waals surface area contributed by atoms with Gasteiger partial charge in [-0.05, 0) is 46.6 Å². The molecular weight excluding hydrogens is 537 g/mol. The molecular formula is C30H35F3N4O4. The van der Waals surface area contributed by atoms with Crippen molar-refractivity contribution in [3.05, 3.63) is 58.2 Å². The third-order valence-corrected chi connectivity index (χ3v) is 7.89. The lowest BCUT2D eigenvalue weighted by molar-refractivity contribution is -0.139. The van der Waals surface area contributed by atoms with Crippen molar-refractivity contribution in [1.82, 2.24) is 14.9 Å². The van der Waals surface area contributed by atoms with Crippen molar-refractivity contribution in [3.8, 4) is 5.75 Å². The van der Waals surface area contributed by atoms with Gasteiger partial charge in [0.15, 0.2) is 0 Å². The number of hydrogen-bond acceptors (Lipinski definition) is 7. The molecule has 1 saturated heterocycles. The molecule has 2 aliphatic heterocycles. The topological polar surface area (TPSA) is 108 Å². The van der Waals surface area contributed by atoms with Crippen LogP contribution < -0.4 is 10.1 Å². The molecule has 8 nitrogen and oxygen atoms in total. The third-order valence-electron chi connectivity index (χ3n) is 7.89. The van der Waals surface area contributed by atoms with Crippen LogP contribution in [0.5, 0.6) is 5.75 Å². The molecule has 11 heteroatoms. The Hall–Kier alpha value is -3.44. The number of nitrogens with one attached hydrogen (secondary N) is 1. The van der Waals surface area contributed by atoms with Gasteiger partial charge in [-0.15, -0.1) is 0 Å².